The van der Waals surface area contributed by atoms with Gasteiger partial charge in [0.1, 0.15) is 5.69 Å². The molecular weight excluding hydrogens is 322 g/mol. The number of fused-ring (bicyclic) bond motifs is 2. The molecule has 0 unspecified atom stereocenters. The van der Waals surface area contributed by atoms with Crippen LogP contribution in [0.2, 0.25) is 5.02 Å². The van der Waals surface area contributed by atoms with Crippen LogP contribution >= 0.6 is 11.6 Å². The Balaban J connectivity index is 1.92. The van der Waals surface area contributed by atoms with Crippen molar-refractivity contribution < 1.29 is 9.90 Å². The fraction of sp³-hybridized carbons (Fsp3) is 0.0500. The third-order valence-electron chi connectivity index (χ3n) is 4.29. The lowest BCUT2D eigenvalue weighted by Crippen LogP contribution is -2.09. The molecular formula is C20H14ClNO2. The van der Waals surface area contributed by atoms with Gasteiger partial charge in [-0.2, -0.15) is 0 Å². The fourth-order valence-electron chi connectivity index (χ4n) is 3.19. The smallest absolute Gasteiger partial charge is 0.352 e. The van der Waals surface area contributed by atoms with Crippen LogP contribution in [0.3, 0.4) is 0 Å². The van der Waals surface area contributed by atoms with E-state index in [4.69, 9.17) is 11.6 Å². The lowest BCUT2D eigenvalue weighted by atomic mass is 10.0. The van der Waals surface area contributed by atoms with E-state index in [1.165, 1.54) is 0 Å². The Morgan fingerprint density at radius 1 is 0.958 bits per heavy atom. The summed E-state index contributed by atoms with van der Waals surface area (Å²) in [5.41, 5.74) is 2.22. The molecule has 0 bridgehead atoms. The van der Waals surface area contributed by atoms with Crippen molar-refractivity contribution in [3.63, 3.8) is 0 Å². The Morgan fingerprint density at radius 2 is 1.75 bits per heavy atom. The lowest BCUT2D eigenvalue weighted by molar-refractivity contribution is 0.0686. The van der Waals surface area contributed by atoms with Crippen molar-refractivity contribution in [1.82, 2.24) is 4.57 Å². The number of carboxylic acids is 1. The van der Waals surface area contributed by atoms with Gasteiger partial charge in [-0.05, 0) is 40.6 Å². The highest BCUT2D eigenvalue weighted by atomic mass is 35.5. The van der Waals surface area contributed by atoms with Crippen molar-refractivity contribution in [2.75, 3.05) is 0 Å². The highest BCUT2D eigenvalue weighted by Crippen LogP contribution is 2.26. The van der Waals surface area contributed by atoms with E-state index in [2.05, 4.69) is 18.2 Å². The van der Waals surface area contributed by atoms with E-state index in [1.54, 1.807) is 18.2 Å². The van der Waals surface area contributed by atoms with Gasteiger partial charge in [0.2, 0.25) is 0 Å². The van der Waals surface area contributed by atoms with E-state index >= 15 is 0 Å². The molecule has 0 atom stereocenters. The second-order valence-corrected chi connectivity index (χ2v) is 6.20. The maximum Gasteiger partial charge on any atom is 0.352 e. The molecule has 4 aromatic rings. The first-order valence-corrected chi connectivity index (χ1v) is 8.00. The van der Waals surface area contributed by atoms with Gasteiger partial charge in [0.05, 0.1) is 0 Å². The highest BCUT2D eigenvalue weighted by molar-refractivity contribution is 6.31. The Labute approximate surface area is 143 Å². The van der Waals surface area contributed by atoms with Gasteiger partial charge in [-0.3, -0.25) is 0 Å². The third-order valence-corrected chi connectivity index (χ3v) is 4.53. The maximum absolute atomic E-state index is 11.7. The van der Waals surface area contributed by atoms with Crippen molar-refractivity contribution in [3.05, 3.63) is 83.0 Å². The summed E-state index contributed by atoms with van der Waals surface area (Å²) in [6.45, 7) is 0.494. The van der Waals surface area contributed by atoms with Crippen molar-refractivity contribution in [2.45, 2.75) is 6.54 Å². The first-order valence-electron chi connectivity index (χ1n) is 7.62. The van der Waals surface area contributed by atoms with Gasteiger partial charge in [-0.1, -0.05) is 54.1 Å². The van der Waals surface area contributed by atoms with Crippen molar-refractivity contribution in [2.24, 2.45) is 0 Å². The van der Waals surface area contributed by atoms with Crippen molar-refractivity contribution in [1.29, 1.82) is 0 Å². The maximum atomic E-state index is 11.7. The predicted octanol–water partition coefficient (Wildman–Crippen LogP) is 5.19. The van der Waals surface area contributed by atoms with E-state index in [9.17, 15) is 9.90 Å². The molecule has 1 N–H and O–H groups in total. The van der Waals surface area contributed by atoms with E-state index in [0.29, 0.717) is 11.6 Å². The summed E-state index contributed by atoms with van der Waals surface area (Å²) in [5, 5.41) is 13.3. The largest absolute Gasteiger partial charge is 0.477 e. The third kappa shape index (κ3) is 2.43. The molecule has 3 nitrogen and oxygen atoms in total. The average molecular weight is 336 g/mol. The zero-order valence-corrected chi connectivity index (χ0v) is 13.5. The number of hydrogen-bond acceptors (Lipinski definition) is 1. The number of nitrogens with zero attached hydrogens (tertiary/aromatic N) is 1. The lowest BCUT2D eigenvalue weighted by Gasteiger charge is -2.11. The molecule has 4 heteroatoms. The summed E-state index contributed by atoms with van der Waals surface area (Å²) in [7, 11) is 0. The Kier molecular flexibility index (Phi) is 3.51. The first kappa shape index (κ1) is 14.8. The Morgan fingerprint density at radius 3 is 2.58 bits per heavy atom. The summed E-state index contributed by atoms with van der Waals surface area (Å²) < 4.78 is 1.83. The average Bonchev–Trinajstić information content (AvgIpc) is 2.93. The van der Waals surface area contributed by atoms with Crippen LogP contribution in [0.15, 0.2) is 66.7 Å². The van der Waals surface area contributed by atoms with Crippen LogP contribution in [-0.4, -0.2) is 15.6 Å². The first-order chi connectivity index (χ1) is 11.6. The van der Waals surface area contributed by atoms with Gasteiger partial charge >= 0.3 is 5.97 Å². The van der Waals surface area contributed by atoms with E-state index in [0.717, 1.165) is 27.2 Å². The minimum atomic E-state index is -0.942. The second kappa shape index (κ2) is 5.69. The molecule has 0 aliphatic heterocycles. The van der Waals surface area contributed by atoms with Gasteiger partial charge in [-0.15, -0.1) is 0 Å². The normalized spacial score (nSPS) is 11.2. The van der Waals surface area contributed by atoms with Crippen molar-refractivity contribution in [3.8, 4) is 0 Å². The number of benzene rings is 3. The molecule has 1 aromatic heterocycles. The quantitative estimate of drug-likeness (QED) is 0.559. The van der Waals surface area contributed by atoms with E-state index < -0.39 is 5.97 Å². The molecule has 0 spiro atoms. The van der Waals surface area contributed by atoms with Crippen LogP contribution in [0, 0.1) is 0 Å². The number of aromatic carboxylic acids is 1. The van der Waals surface area contributed by atoms with Gasteiger partial charge in [-0.25, -0.2) is 4.79 Å². The van der Waals surface area contributed by atoms with Gasteiger partial charge in [0.25, 0.3) is 0 Å². The number of carbonyl (C=O) groups is 1. The molecule has 0 aliphatic rings. The van der Waals surface area contributed by atoms with Crippen molar-refractivity contribution >= 4 is 39.2 Å². The number of carboxylic acid groups (broad SMARTS) is 1. The summed E-state index contributed by atoms with van der Waals surface area (Å²) in [6, 6.07) is 21.3. The summed E-state index contributed by atoms with van der Waals surface area (Å²) in [4.78, 5) is 11.7. The van der Waals surface area contributed by atoms with Crippen LogP contribution in [0.5, 0.6) is 0 Å². The minimum absolute atomic E-state index is 0.264. The number of aromatic nitrogens is 1. The molecule has 0 saturated carbocycles. The topological polar surface area (TPSA) is 42.2 Å². The summed E-state index contributed by atoms with van der Waals surface area (Å²) in [5.74, 6) is -0.942. The van der Waals surface area contributed by atoms with Crippen LogP contribution < -0.4 is 0 Å². The van der Waals surface area contributed by atoms with Gasteiger partial charge in [0.15, 0.2) is 0 Å². The molecule has 0 saturated heterocycles. The number of rotatable bonds is 3. The summed E-state index contributed by atoms with van der Waals surface area (Å²) >= 11 is 6.04. The molecule has 118 valence electrons. The number of halogens is 1. The van der Waals surface area contributed by atoms with Crippen LogP contribution in [0.1, 0.15) is 16.1 Å². The Bertz CT molecular complexity index is 1080. The summed E-state index contributed by atoms with van der Waals surface area (Å²) in [6.07, 6.45) is 0. The van der Waals surface area contributed by atoms with Crippen LogP contribution in [-0.2, 0) is 6.54 Å². The molecule has 4 rings (SSSR count). The van der Waals surface area contributed by atoms with E-state index in [1.807, 2.05) is 34.9 Å². The molecule has 1 heterocycles. The molecule has 0 fully saturated rings. The molecule has 0 aliphatic carbocycles. The zero-order chi connectivity index (χ0) is 16.7. The van der Waals surface area contributed by atoms with Crippen LogP contribution in [0.25, 0.3) is 21.7 Å². The highest BCUT2D eigenvalue weighted by Gasteiger charge is 2.15. The van der Waals surface area contributed by atoms with Crippen LogP contribution in [0.4, 0.5) is 0 Å². The monoisotopic (exact) mass is 335 g/mol. The fourth-order valence-corrected chi connectivity index (χ4v) is 3.37. The minimum Gasteiger partial charge on any atom is -0.477 e. The number of hydrogen-bond donors (Lipinski definition) is 1. The van der Waals surface area contributed by atoms with Gasteiger partial charge in [0, 0.05) is 22.5 Å². The zero-order valence-electron chi connectivity index (χ0n) is 12.7. The standard InChI is InChI=1S/C20H14ClNO2/c21-16-8-9-18-15(10-16)11-19(20(23)24)22(18)12-14-6-3-5-13-4-1-2-7-17(13)14/h1-11H,12H2,(H,23,24). The van der Waals surface area contributed by atoms with Gasteiger partial charge < -0.3 is 9.67 Å². The second-order valence-electron chi connectivity index (χ2n) is 5.76. The molecule has 0 radical (unpaired) electrons. The molecule has 0 amide bonds. The Hall–Kier alpha value is -2.78. The molecule has 3 aromatic carbocycles. The SMILES string of the molecule is O=C(O)c1cc2cc(Cl)ccc2n1Cc1cccc2ccccc12. The predicted molar refractivity (Wildman–Crippen MR) is 97.0 cm³/mol. The van der Waals surface area contributed by atoms with E-state index in [-0.39, 0.29) is 5.69 Å². The molecule has 24 heavy (non-hydrogen) atoms.